The predicted molar refractivity (Wildman–Crippen MR) is 180 cm³/mol. The Labute approximate surface area is 284 Å². The van der Waals surface area contributed by atoms with Gasteiger partial charge in [0, 0.05) is 37.4 Å². The highest BCUT2D eigenvalue weighted by atomic mass is 16.2. The van der Waals surface area contributed by atoms with Crippen LogP contribution in [0.25, 0.3) is 0 Å². The van der Waals surface area contributed by atoms with Crippen LogP contribution in [-0.4, -0.2) is 81.2 Å². The van der Waals surface area contributed by atoms with Gasteiger partial charge in [0.2, 0.25) is 23.6 Å². The molecule has 3 saturated carbocycles. The molecule has 2 heterocycles. The summed E-state index contributed by atoms with van der Waals surface area (Å²) in [6, 6.07) is -2.49. The third-order valence-corrected chi connectivity index (χ3v) is 10.7. The standard InChI is InChI=1S/C36H55N7O5/c1-5-10-25(19-28(44)39-24-15-16-24)40-34(47)30-26-14-9-13-23(26)21-43(30)35(48)31(36(2,3)4)42-33(46)29(22-11-7-6-8-12-22)41-32(45)27-20-37-17-18-38-27/h17-18,20,22-26,29-31H,5-16,19,21H2,1-4H3,(H,39,44)(H,40,47)(H,41,45)(H,42,46)/t23-,25?,26-,29-,30-,31+/m0/s1. The summed E-state index contributed by atoms with van der Waals surface area (Å²) in [5.41, 5.74) is -0.554. The van der Waals surface area contributed by atoms with Crippen molar-refractivity contribution in [1.29, 1.82) is 0 Å². The van der Waals surface area contributed by atoms with E-state index < -0.39 is 35.4 Å². The smallest absolute Gasteiger partial charge is 0.272 e. The first-order chi connectivity index (χ1) is 23.0. The quantitative estimate of drug-likeness (QED) is 0.251. The van der Waals surface area contributed by atoms with Crippen LogP contribution >= 0.6 is 0 Å². The van der Waals surface area contributed by atoms with Crippen LogP contribution in [-0.2, 0) is 19.2 Å². The van der Waals surface area contributed by atoms with Gasteiger partial charge in [0.15, 0.2) is 0 Å². The summed E-state index contributed by atoms with van der Waals surface area (Å²) in [4.78, 5) is 78.5. The number of hydrogen-bond acceptors (Lipinski definition) is 7. The Hall–Kier alpha value is -3.57. The molecule has 48 heavy (non-hydrogen) atoms. The van der Waals surface area contributed by atoms with E-state index in [9.17, 15) is 24.0 Å². The second kappa shape index (κ2) is 15.8. The highest BCUT2D eigenvalue weighted by Gasteiger charge is 2.52. The zero-order valence-corrected chi connectivity index (χ0v) is 29.1. The topological polar surface area (TPSA) is 162 Å². The van der Waals surface area contributed by atoms with Crippen molar-refractivity contribution in [2.45, 2.75) is 141 Å². The number of amides is 5. The Kier molecular flexibility index (Phi) is 11.7. The van der Waals surface area contributed by atoms with E-state index >= 15 is 0 Å². The van der Waals surface area contributed by atoms with Gasteiger partial charge in [0.05, 0.1) is 6.20 Å². The van der Waals surface area contributed by atoms with E-state index in [-0.39, 0.29) is 59.7 Å². The van der Waals surface area contributed by atoms with Crippen molar-refractivity contribution in [2.24, 2.45) is 23.2 Å². The molecule has 0 aromatic carbocycles. The Morgan fingerprint density at radius 3 is 2.31 bits per heavy atom. The molecule has 1 unspecified atom stereocenters. The second-order valence-corrected chi connectivity index (χ2v) is 15.6. The van der Waals surface area contributed by atoms with E-state index in [2.05, 4.69) is 31.2 Å². The number of nitrogens with one attached hydrogen (secondary N) is 4. The lowest BCUT2D eigenvalue weighted by atomic mass is 9.82. The molecule has 1 aliphatic heterocycles. The summed E-state index contributed by atoms with van der Waals surface area (Å²) in [6.45, 7) is 8.21. The lowest BCUT2D eigenvalue weighted by molar-refractivity contribution is -0.145. The number of hydrogen-bond donors (Lipinski definition) is 4. The van der Waals surface area contributed by atoms with Crippen molar-refractivity contribution >= 4 is 29.5 Å². The third kappa shape index (κ3) is 8.91. The first-order valence-corrected chi connectivity index (χ1v) is 18.2. The van der Waals surface area contributed by atoms with E-state index in [1.54, 1.807) is 4.90 Å². The molecule has 1 aromatic rings. The van der Waals surface area contributed by atoms with E-state index in [4.69, 9.17) is 0 Å². The zero-order valence-electron chi connectivity index (χ0n) is 29.1. The van der Waals surface area contributed by atoms with Gasteiger partial charge in [0.1, 0.15) is 23.8 Å². The van der Waals surface area contributed by atoms with Gasteiger partial charge in [-0.1, -0.05) is 59.8 Å². The zero-order chi connectivity index (χ0) is 34.4. The minimum absolute atomic E-state index is 0.0362. The monoisotopic (exact) mass is 665 g/mol. The average Bonchev–Trinajstić information content (AvgIpc) is 3.62. The summed E-state index contributed by atoms with van der Waals surface area (Å²) >= 11 is 0. The molecule has 0 spiro atoms. The van der Waals surface area contributed by atoms with Crippen LogP contribution in [0.15, 0.2) is 18.6 Å². The van der Waals surface area contributed by atoms with Gasteiger partial charge in [-0.15, -0.1) is 0 Å². The molecule has 12 heteroatoms. The van der Waals surface area contributed by atoms with Crippen molar-refractivity contribution < 1.29 is 24.0 Å². The van der Waals surface area contributed by atoms with Gasteiger partial charge < -0.3 is 26.2 Å². The predicted octanol–water partition coefficient (Wildman–Crippen LogP) is 3.27. The fraction of sp³-hybridized carbons (Fsp3) is 0.750. The maximum atomic E-state index is 14.6. The fourth-order valence-electron chi connectivity index (χ4n) is 8.01. The average molecular weight is 666 g/mol. The van der Waals surface area contributed by atoms with Gasteiger partial charge in [-0.3, -0.25) is 29.0 Å². The molecule has 264 valence electrons. The van der Waals surface area contributed by atoms with E-state index in [0.717, 1.165) is 70.6 Å². The molecule has 4 fully saturated rings. The Bertz CT molecular complexity index is 1310. The number of likely N-dealkylation sites (tertiary alicyclic amines) is 1. The van der Waals surface area contributed by atoms with Gasteiger partial charge in [-0.2, -0.15) is 0 Å². The first-order valence-electron chi connectivity index (χ1n) is 18.2. The number of carbonyl (C=O) groups is 5. The Morgan fingerprint density at radius 2 is 1.67 bits per heavy atom. The molecule has 1 aromatic heterocycles. The van der Waals surface area contributed by atoms with E-state index in [1.807, 2.05) is 27.7 Å². The highest BCUT2D eigenvalue weighted by Crippen LogP contribution is 2.43. The maximum absolute atomic E-state index is 14.6. The van der Waals surface area contributed by atoms with Crippen LogP contribution in [0.2, 0.25) is 0 Å². The Balaban J connectivity index is 1.34. The van der Waals surface area contributed by atoms with Gasteiger partial charge in [-0.05, 0) is 68.1 Å². The first kappa shape index (κ1) is 35.7. The molecule has 4 aliphatic rings. The van der Waals surface area contributed by atoms with Gasteiger partial charge in [0.25, 0.3) is 5.91 Å². The number of fused-ring (bicyclic) bond motifs is 1. The molecule has 0 bridgehead atoms. The van der Waals surface area contributed by atoms with Gasteiger partial charge >= 0.3 is 0 Å². The number of aromatic nitrogens is 2. The van der Waals surface area contributed by atoms with Crippen molar-refractivity contribution in [3.8, 4) is 0 Å². The largest absolute Gasteiger partial charge is 0.353 e. The summed E-state index contributed by atoms with van der Waals surface area (Å²) in [5.74, 6) is -1.27. The summed E-state index contributed by atoms with van der Waals surface area (Å²) in [5, 5.41) is 12.2. The lowest BCUT2D eigenvalue weighted by Crippen LogP contribution is -2.62. The van der Waals surface area contributed by atoms with Crippen LogP contribution in [0.1, 0.15) is 122 Å². The van der Waals surface area contributed by atoms with Crippen molar-refractivity contribution in [2.75, 3.05) is 6.54 Å². The molecule has 0 radical (unpaired) electrons. The minimum atomic E-state index is -0.922. The van der Waals surface area contributed by atoms with Crippen LogP contribution in [0, 0.1) is 23.2 Å². The van der Waals surface area contributed by atoms with Gasteiger partial charge in [-0.25, -0.2) is 4.98 Å². The second-order valence-electron chi connectivity index (χ2n) is 15.6. The number of rotatable bonds is 13. The Morgan fingerprint density at radius 1 is 0.917 bits per heavy atom. The fourth-order valence-corrected chi connectivity index (χ4v) is 8.01. The number of nitrogens with zero attached hydrogens (tertiary/aromatic N) is 3. The third-order valence-electron chi connectivity index (χ3n) is 10.7. The SMILES string of the molecule is CCCC(CC(=O)NC1CC1)NC(=O)[C@@H]1[C@H]2CCC[C@H]2CN1C(=O)[C@@H](NC(=O)[C@@H](NC(=O)c1cnccn1)C1CCCCC1)C(C)(C)C. The molecule has 6 atom stereocenters. The lowest BCUT2D eigenvalue weighted by Gasteiger charge is -2.38. The summed E-state index contributed by atoms with van der Waals surface area (Å²) in [6.07, 6.45) is 15.4. The number of carbonyl (C=O) groups excluding carboxylic acids is 5. The molecular weight excluding hydrogens is 610 g/mol. The molecule has 5 amide bonds. The van der Waals surface area contributed by atoms with Crippen LogP contribution < -0.4 is 21.3 Å². The highest BCUT2D eigenvalue weighted by molar-refractivity contribution is 5.98. The molecule has 12 nitrogen and oxygen atoms in total. The van der Waals surface area contributed by atoms with Crippen molar-refractivity contribution in [1.82, 2.24) is 36.1 Å². The van der Waals surface area contributed by atoms with Crippen molar-refractivity contribution in [3.63, 3.8) is 0 Å². The van der Waals surface area contributed by atoms with Crippen LogP contribution in [0.4, 0.5) is 0 Å². The summed E-state index contributed by atoms with van der Waals surface area (Å²) < 4.78 is 0. The van der Waals surface area contributed by atoms with Crippen LogP contribution in [0.5, 0.6) is 0 Å². The molecule has 5 rings (SSSR count). The minimum Gasteiger partial charge on any atom is -0.353 e. The van der Waals surface area contributed by atoms with E-state index in [1.165, 1.54) is 18.6 Å². The molecule has 4 N–H and O–H groups in total. The molecular formula is C36H55N7O5. The van der Waals surface area contributed by atoms with Crippen LogP contribution in [0.3, 0.4) is 0 Å². The molecule has 1 saturated heterocycles. The van der Waals surface area contributed by atoms with E-state index in [0.29, 0.717) is 13.0 Å². The molecule has 3 aliphatic carbocycles. The summed E-state index contributed by atoms with van der Waals surface area (Å²) in [7, 11) is 0. The normalized spacial score (nSPS) is 24.6. The van der Waals surface area contributed by atoms with Crippen molar-refractivity contribution in [3.05, 3.63) is 24.3 Å². The maximum Gasteiger partial charge on any atom is 0.272 e.